The van der Waals surface area contributed by atoms with Crippen LogP contribution in [0.4, 0.5) is 0 Å². The van der Waals surface area contributed by atoms with E-state index in [0.717, 1.165) is 11.8 Å². The Balaban J connectivity index is 2.12. The molecule has 0 N–H and O–H groups in total. The highest BCUT2D eigenvalue weighted by atomic mass is 14.2. The Kier molecular flexibility index (Phi) is 5.15. The van der Waals surface area contributed by atoms with Gasteiger partial charge in [0.2, 0.25) is 0 Å². The van der Waals surface area contributed by atoms with E-state index < -0.39 is 0 Å². The molecule has 1 atom stereocenters. The minimum atomic E-state index is 0.520. The van der Waals surface area contributed by atoms with Crippen molar-refractivity contribution in [3.8, 4) is 0 Å². The van der Waals surface area contributed by atoms with Crippen molar-refractivity contribution in [3.63, 3.8) is 0 Å². The fourth-order valence-corrected chi connectivity index (χ4v) is 3.14. The van der Waals surface area contributed by atoms with E-state index in [-0.39, 0.29) is 0 Å². The smallest absolute Gasteiger partial charge is 0.0380 e. The molecule has 0 aromatic carbocycles. The fourth-order valence-electron chi connectivity index (χ4n) is 3.14. The van der Waals surface area contributed by atoms with Crippen LogP contribution in [0.3, 0.4) is 0 Å². The Hall–Kier alpha value is 0. The highest BCUT2D eigenvalue weighted by Crippen LogP contribution is 2.32. The summed E-state index contributed by atoms with van der Waals surface area (Å²) < 4.78 is 0. The zero-order chi connectivity index (χ0) is 11.3. The SMILES string of the molecule is CC(CCC1CCCCC1)CC(C)(C)C. The van der Waals surface area contributed by atoms with Crippen molar-refractivity contribution in [2.75, 3.05) is 0 Å². The number of hydrogen-bond donors (Lipinski definition) is 0. The van der Waals surface area contributed by atoms with Gasteiger partial charge in [0.05, 0.1) is 0 Å². The van der Waals surface area contributed by atoms with E-state index in [9.17, 15) is 0 Å². The van der Waals surface area contributed by atoms with E-state index >= 15 is 0 Å². The van der Waals surface area contributed by atoms with Crippen molar-refractivity contribution >= 4 is 0 Å². The van der Waals surface area contributed by atoms with Crippen LogP contribution in [0.1, 0.15) is 79.1 Å². The predicted octanol–water partition coefficient (Wildman–Crippen LogP) is 5.42. The quantitative estimate of drug-likeness (QED) is 0.581. The highest BCUT2D eigenvalue weighted by molar-refractivity contribution is 4.70. The molecule has 0 saturated heterocycles. The molecular formula is C15H30. The maximum absolute atomic E-state index is 2.44. The van der Waals surface area contributed by atoms with Gasteiger partial charge in [0.25, 0.3) is 0 Å². The second-order valence-electron chi connectivity index (χ2n) is 6.95. The minimum absolute atomic E-state index is 0.520. The van der Waals surface area contributed by atoms with Crippen LogP contribution in [0, 0.1) is 17.3 Å². The molecule has 1 fully saturated rings. The molecule has 1 aliphatic carbocycles. The molecule has 0 radical (unpaired) electrons. The van der Waals surface area contributed by atoms with Gasteiger partial charge in [-0.2, -0.15) is 0 Å². The molecule has 0 bridgehead atoms. The van der Waals surface area contributed by atoms with E-state index in [1.54, 1.807) is 0 Å². The highest BCUT2D eigenvalue weighted by Gasteiger charge is 2.18. The first-order chi connectivity index (χ1) is 6.97. The van der Waals surface area contributed by atoms with Gasteiger partial charge in [-0.25, -0.2) is 0 Å². The lowest BCUT2D eigenvalue weighted by molar-refractivity contribution is 0.261. The van der Waals surface area contributed by atoms with Gasteiger partial charge in [-0.1, -0.05) is 72.6 Å². The van der Waals surface area contributed by atoms with E-state index in [1.807, 2.05) is 0 Å². The lowest BCUT2D eigenvalue weighted by atomic mass is 9.80. The summed E-state index contributed by atoms with van der Waals surface area (Å²) in [6.45, 7) is 9.53. The molecule has 0 aliphatic heterocycles. The summed E-state index contributed by atoms with van der Waals surface area (Å²) >= 11 is 0. The van der Waals surface area contributed by atoms with Crippen LogP contribution in [-0.2, 0) is 0 Å². The van der Waals surface area contributed by atoms with Gasteiger partial charge < -0.3 is 0 Å². The average Bonchev–Trinajstić information content (AvgIpc) is 2.14. The van der Waals surface area contributed by atoms with Crippen LogP contribution in [0.25, 0.3) is 0 Å². The zero-order valence-electron chi connectivity index (χ0n) is 11.3. The van der Waals surface area contributed by atoms with Gasteiger partial charge in [-0.05, 0) is 23.7 Å². The largest absolute Gasteiger partial charge is 0.0625 e. The Morgan fingerprint density at radius 2 is 1.67 bits per heavy atom. The van der Waals surface area contributed by atoms with Crippen molar-refractivity contribution in [3.05, 3.63) is 0 Å². The summed E-state index contributed by atoms with van der Waals surface area (Å²) in [4.78, 5) is 0. The normalized spacial score (nSPS) is 21.6. The molecule has 0 aromatic rings. The predicted molar refractivity (Wildman–Crippen MR) is 69.0 cm³/mol. The molecule has 0 amide bonds. The Bertz CT molecular complexity index is 157. The molecule has 0 heteroatoms. The van der Waals surface area contributed by atoms with Crippen molar-refractivity contribution in [2.45, 2.75) is 79.1 Å². The first kappa shape index (κ1) is 13.1. The van der Waals surface area contributed by atoms with Crippen LogP contribution >= 0.6 is 0 Å². The first-order valence-corrected chi connectivity index (χ1v) is 6.97. The summed E-state index contributed by atoms with van der Waals surface area (Å²) in [5.41, 5.74) is 0.520. The van der Waals surface area contributed by atoms with E-state index in [2.05, 4.69) is 27.7 Å². The van der Waals surface area contributed by atoms with Crippen LogP contribution in [0.5, 0.6) is 0 Å². The van der Waals surface area contributed by atoms with Crippen LogP contribution in [-0.4, -0.2) is 0 Å². The summed E-state index contributed by atoms with van der Waals surface area (Å²) in [6, 6.07) is 0. The van der Waals surface area contributed by atoms with Crippen LogP contribution < -0.4 is 0 Å². The third-order valence-corrected chi connectivity index (χ3v) is 3.75. The molecule has 90 valence electrons. The third kappa shape index (κ3) is 6.22. The first-order valence-electron chi connectivity index (χ1n) is 6.97. The summed E-state index contributed by atoms with van der Waals surface area (Å²) in [7, 11) is 0. The molecule has 0 heterocycles. The van der Waals surface area contributed by atoms with Gasteiger partial charge in [0.1, 0.15) is 0 Å². The molecule has 0 nitrogen and oxygen atoms in total. The number of rotatable bonds is 4. The second-order valence-corrected chi connectivity index (χ2v) is 6.95. The van der Waals surface area contributed by atoms with Crippen LogP contribution in [0.2, 0.25) is 0 Å². The summed E-state index contributed by atoms with van der Waals surface area (Å²) in [5, 5.41) is 0. The maximum Gasteiger partial charge on any atom is -0.0380 e. The molecule has 1 saturated carbocycles. The molecule has 0 spiro atoms. The average molecular weight is 210 g/mol. The standard InChI is InChI=1S/C15H30/c1-13(12-15(2,3)4)10-11-14-8-6-5-7-9-14/h13-14H,5-12H2,1-4H3. The molecule has 1 aliphatic rings. The Labute approximate surface area is 96.8 Å². The van der Waals surface area contributed by atoms with Crippen LogP contribution in [0.15, 0.2) is 0 Å². The molecular weight excluding hydrogens is 180 g/mol. The number of hydrogen-bond acceptors (Lipinski definition) is 0. The topological polar surface area (TPSA) is 0 Å². The van der Waals surface area contributed by atoms with Gasteiger partial charge >= 0.3 is 0 Å². The monoisotopic (exact) mass is 210 g/mol. The maximum atomic E-state index is 2.44. The van der Waals surface area contributed by atoms with E-state index in [4.69, 9.17) is 0 Å². The summed E-state index contributed by atoms with van der Waals surface area (Å²) in [6.07, 6.45) is 11.9. The van der Waals surface area contributed by atoms with E-state index in [1.165, 1.54) is 51.4 Å². The van der Waals surface area contributed by atoms with Gasteiger partial charge in [0.15, 0.2) is 0 Å². The van der Waals surface area contributed by atoms with Crippen molar-refractivity contribution in [1.82, 2.24) is 0 Å². The molecule has 15 heavy (non-hydrogen) atoms. The molecule has 1 rings (SSSR count). The van der Waals surface area contributed by atoms with Crippen molar-refractivity contribution in [2.24, 2.45) is 17.3 Å². The molecule has 1 unspecified atom stereocenters. The molecule has 0 aromatic heterocycles. The van der Waals surface area contributed by atoms with Crippen molar-refractivity contribution in [1.29, 1.82) is 0 Å². The minimum Gasteiger partial charge on any atom is -0.0625 e. The fraction of sp³-hybridized carbons (Fsp3) is 1.00. The third-order valence-electron chi connectivity index (χ3n) is 3.75. The van der Waals surface area contributed by atoms with E-state index in [0.29, 0.717) is 5.41 Å². The Morgan fingerprint density at radius 3 is 2.20 bits per heavy atom. The van der Waals surface area contributed by atoms with Gasteiger partial charge in [-0.15, -0.1) is 0 Å². The lowest BCUT2D eigenvalue weighted by Crippen LogP contribution is -2.13. The second kappa shape index (κ2) is 5.92. The van der Waals surface area contributed by atoms with Gasteiger partial charge in [-0.3, -0.25) is 0 Å². The van der Waals surface area contributed by atoms with Gasteiger partial charge in [0, 0.05) is 0 Å². The summed E-state index contributed by atoms with van der Waals surface area (Å²) in [5.74, 6) is 1.99. The zero-order valence-corrected chi connectivity index (χ0v) is 11.3. The lowest BCUT2D eigenvalue weighted by Gasteiger charge is -2.26. The Morgan fingerprint density at radius 1 is 1.07 bits per heavy atom. The van der Waals surface area contributed by atoms with Crippen molar-refractivity contribution < 1.29 is 0 Å².